The number of esters is 1. The highest BCUT2D eigenvalue weighted by atomic mass is 16.6. The maximum absolute atomic E-state index is 13.4. The predicted octanol–water partition coefficient (Wildman–Crippen LogP) is 3.69. The minimum absolute atomic E-state index is 0.0346. The number of ether oxygens (including phenoxy) is 1. The molecule has 1 amide bonds. The van der Waals surface area contributed by atoms with E-state index in [-0.39, 0.29) is 29.7 Å². The Labute approximate surface area is 174 Å². The summed E-state index contributed by atoms with van der Waals surface area (Å²) in [5.74, 6) is -0.632. The Morgan fingerprint density at radius 3 is 2.69 bits per heavy atom. The van der Waals surface area contributed by atoms with E-state index in [1.54, 1.807) is 0 Å². The molecule has 1 fully saturated rings. The second kappa shape index (κ2) is 8.47. The molecule has 3 aliphatic rings. The third-order valence-electron chi connectivity index (χ3n) is 6.78. The maximum atomic E-state index is 13.4. The molecule has 5 heteroatoms. The highest BCUT2D eigenvalue weighted by Gasteiger charge is 2.64. The molecule has 2 heterocycles. The number of aliphatic hydroxyl groups excluding tert-OH is 1. The van der Waals surface area contributed by atoms with Gasteiger partial charge in [-0.15, -0.1) is 0 Å². The topological polar surface area (TPSA) is 75.6 Å². The first-order chi connectivity index (χ1) is 13.6. The Morgan fingerprint density at radius 2 is 2.00 bits per heavy atom. The molecule has 1 spiro atoms. The summed E-state index contributed by atoms with van der Waals surface area (Å²) in [5.41, 5.74) is 1.14. The summed E-state index contributed by atoms with van der Waals surface area (Å²) >= 11 is 0. The molecule has 0 saturated carbocycles. The molecular formula is C24H35NO4. The van der Waals surface area contributed by atoms with Gasteiger partial charge in [0.15, 0.2) is 0 Å². The zero-order chi connectivity index (χ0) is 21.3. The number of allylic oxidation sites excluding steroid dienone is 2. The summed E-state index contributed by atoms with van der Waals surface area (Å²) in [5, 5.41) is 13.3. The lowest BCUT2D eigenvalue weighted by molar-refractivity contribution is -0.172. The Bertz CT molecular complexity index is 750. The molecule has 2 N–H and O–H groups in total. The van der Waals surface area contributed by atoms with Gasteiger partial charge in [0.05, 0.1) is 6.10 Å². The molecule has 1 aliphatic carbocycles. The second-order valence-corrected chi connectivity index (χ2v) is 9.51. The largest absolute Gasteiger partial charge is 0.444 e. The number of amides is 1. The summed E-state index contributed by atoms with van der Waals surface area (Å²) in [4.78, 5) is 26.2. The van der Waals surface area contributed by atoms with Gasteiger partial charge in [-0.1, -0.05) is 44.1 Å². The van der Waals surface area contributed by atoms with E-state index in [0.717, 1.165) is 24.8 Å². The quantitative estimate of drug-likeness (QED) is 0.547. The van der Waals surface area contributed by atoms with E-state index in [1.807, 2.05) is 0 Å². The van der Waals surface area contributed by atoms with E-state index in [9.17, 15) is 14.7 Å². The number of rotatable bonds is 2. The summed E-state index contributed by atoms with van der Waals surface area (Å²) in [6.07, 6.45) is 9.40. The third kappa shape index (κ3) is 4.20. The number of carbonyl (C=O) groups is 2. The number of carbonyl (C=O) groups excluding carboxylic acids is 2. The van der Waals surface area contributed by atoms with Crippen molar-refractivity contribution in [2.75, 3.05) is 0 Å². The van der Waals surface area contributed by atoms with Crippen LogP contribution < -0.4 is 5.32 Å². The fourth-order valence-corrected chi connectivity index (χ4v) is 5.29. The number of hydrogen-bond donors (Lipinski definition) is 2. The van der Waals surface area contributed by atoms with E-state index in [1.165, 1.54) is 17.7 Å². The number of aliphatic hydroxyl groups is 1. The van der Waals surface area contributed by atoms with Crippen molar-refractivity contribution in [3.8, 4) is 0 Å². The van der Waals surface area contributed by atoms with Gasteiger partial charge in [0.25, 0.3) is 5.91 Å². The van der Waals surface area contributed by atoms with Crippen molar-refractivity contribution in [2.45, 2.75) is 78.0 Å². The molecule has 2 aliphatic heterocycles. The first-order valence-corrected chi connectivity index (χ1v) is 10.9. The lowest BCUT2D eigenvalue weighted by Gasteiger charge is -2.45. The van der Waals surface area contributed by atoms with Crippen LogP contribution in [-0.4, -0.2) is 34.7 Å². The molecule has 0 unspecified atom stereocenters. The van der Waals surface area contributed by atoms with Crippen molar-refractivity contribution in [3.05, 3.63) is 35.5 Å². The minimum atomic E-state index is -1.24. The molecule has 160 valence electrons. The highest BCUT2D eigenvalue weighted by molar-refractivity contribution is 5.94. The van der Waals surface area contributed by atoms with Crippen LogP contribution >= 0.6 is 0 Å². The normalized spacial score (nSPS) is 41.0. The average Bonchev–Trinajstić information content (AvgIpc) is 2.89. The van der Waals surface area contributed by atoms with Crippen LogP contribution in [0.2, 0.25) is 0 Å². The van der Waals surface area contributed by atoms with Crippen LogP contribution in [0.4, 0.5) is 0 Å². The molecule has 5 nitrogen and oxygen atoms in total. The van der Waals surface area contributed by atoms with Gasteiger partial charge in [-0.3, -0.25) is 4.79 Å². The summed E-state index contributed by atoms with van der Waals surface area (Å²) in [6, 6.07) is -0.0346. The van der Waals surface area contributed by atoms with Crippen LogP contribution in [0, 0.1) is 23.7 Å². The Balaban J connectivity index is 2.13. The SMILES string of the molecule is CC1=C[C@@H]2/C=C(/C)CCC[C@H](O)/C=C\C(=O)O[C@]23C(=O)N[C@@H](CC(C)C)[C@@H]3[C@@H]1C. The van der Waals surface area contributed by atoms with Crippen LogP contribution in [0.3, 0.4) is 0 Å². The van der Waals surface area contributed by atoms with Crippen LogP contribution in [0.5, 0.6) is 0 Å². The van der Waals surface area contributed by atoms with Gasteiger partial charge in [0, 0.05) is 24.0 Å². The second-order valence-electron chi connectivity index (χ2n) is 9.51. The van der Waals surface area contributed by atoms with Gasteiger partial charge in [-0.05, 0) is 57.4 Å². The average molecular weight is 402 g/mol. The molecule has 29 heavy (non-hydrogen) atoms. The Hall–Kier alpha value is -1.88. The third-order valence-corrected chi connectivity index (χ3v) is 6.78. The smallest absolute Gasteiger partial charge is 0.331 e. The first-order valence-electron chi connectivity index (χ1n) is 10.9. The standard InChI is InChI=1S/C24H35NO4/c1-14(2)11-20-22-17(5)16(4)13-18-12-15(3)7-6-8-19(26)9-10-21(27)29-24(18,22)23(28)25-20/h9-10,12-14,17-20,22,26H,6-8,11H2,1-5H3,(H,25,28)/b10-9-,15-12-/t17-,18+,19+,20+,22+,24-/m1/s1. The Morgan fingerprint density at radius 1 is 1.28 bits per heavy atom. The Kier molecular flexibility index (Phi) is 6.37. The van der Waals surface area contributed by atoms with E-state index in [2.05, 4.69) is 52.1 Å². The fourth-order valence-electron chi connectivity index (χ4n) is 5.29. The zero-order valence-electron chi connectivity index (χ0n) is 18.3. The molecule has 0 aromatic rings. The van der Waals surface area contributed by atoms with Crippen molar-refractivity contribution in [1.82, 2.24) is 5.32 Å². The van der Waals surface area contributed by atoms with Crippen LogP contribution in [0.25, 0.3) is 0 Å². The van der Waals surface area contributed by atoms with E-state index >= 15 is 0 Å². The van der Waals surface area contributed by atoms with E-state index in [4.69, 9.17) is 4.74 Å². The van der Waals surface area contributed by atoms with E-state index in [0.29, 0.717) is 12.3 Å². The van der Waals surface area contributed by atoms with Crippen molar-refractivity contribution in [3.63, 3.8) is 0 Å². The van der Waals surface area contributed by atoms with Crippen LogP contribution in [-0.2, 0) is 14.3 Å². The summed E-state index contributed by atoms with van der Waals surface area (Å²) < 4.78 is 6.04. The molecule has 6 atom stereocenters. The van der Waals surface area contributed by atoms with Gasteiger partial charge in [0.2, 0.25) is 5.60 Å². The molecule has 1 saturated heterocycles. The predicted molar refractivity (Wildman–Crippen MR) is 113 cm³/mol. The van der Waals surface area contributed by atoms with Gasteiger partial charge in [-0.2, -0.15) is 0 Å². The van der Waals surface area contributed by atoms with E-state index < -0.39 is 17.7 Å². The molecule has 0 bridgehead atoms. The van der Waals surface area contributed by atoms with Crippen molar-refractivity contribution in [1.29, 1.82) is 0 Å². The van der Waals surface area contributed by atoms with Crippen molar-refractivity contribution >= 4 is 11.9 Å². The van der Waals surface area contributed by atoms with Crippen molar-refractivity contribution < 1.29 is 19.4 Å². The number of nitrogens with one attached hydrogen (secondary N) is 1. The van der Waals surface area contributed by atoms with Gasteiger partial charge < -0.3 is 15.2 Å². The molecule has 0 aromatic heterocycles. The number of hydrogen-bond acceptors (Lipinski definition) is 4. The monoisotopic (exact) mass is 401 g/mol. The molecular weight excluding hydrogens is 366 g/mol. The molecule has 0 aromatic carbocycles. The van der Waals surface area contributed by atoms with Crippen molar-refractivity contribution in [2.24, 2.45) is 23.7 Å². The fraction of sp³-hybridized carbons (Fsp3) is 0.667. The summed E-state index contributed by atoms with van der Waals surface area (Å²) in [7, 11) is 0. The highest BCUT2D eigenvalue weighted by Crippen LogP contribution is 2.50. The molecule has 3 rings (SSSR count). The summed E-state index contributed by atoms with van der Waals surface area (Å²) in [6.45, 7) is 10.6. The minimum Gasteiger partial charge on any atom is -0.444 e. The van der Waals surface area contributed by atoms with Crippen LogP contribution in [0.15, 0.2) is 35.5 Å². The maximum Gasteiger partial charge on any atom is 0.331 e. The van der Waals surface area contributed by atoms with Gasteiger partial charge in [0.1, 0.15) is 0 Å². The lowest BCUT2D eigenvalue weighted by Crippen LogP contribution is -2.56. The van der Waals surface area contributed by atoms with Crippen LogP contribution in [0.1, 0.15) is 60.3 Å². The van der Waals surface area contributed by atoms with Gasteiger partial charge >= 0.3 is 5.97 Å². The first kappa shape index (κ1) is 21.8. The lowest BCUT2D eigenvalue weighted by atomic mass is 9.63. The molecule has 0 radical (unpaired) electrons. The zero-order valence-corrected chi connectivity index (χ0v) is 18.3. The van der Waals surface area contributed by atoms with Gasteiger partial charge in [-0.25, -0.2) is 4.79 Å².